The van der Waals surface area contributed by atoms with Crippen molar-refractivity contribution < 1.29 is 23.8 Å². The van der Waals surface area contributed by atoms with Gasteiger partial charge in [0.1, 0.15) is 23.4 Å². The molecule has 1 amide bonds. The van der Waals surface area contributed by atoms with E-state index in [0.29, 0.717) is 42.1 Å². The molecule has 0 spiro atoms. The number of rotatable bonds is 10. The molecule has 1 aliphatic heterocycles. The third-order valence-corrected chi connectivity index (χ3v) is 6.45. The summed E-state index contributed by atoms with van der Waals surface area (Å²) in [5, 5.41) is 2.69. The second-order valence-corrected chi connectivity index (χ2v) is 8.84. The molecule has 0 saturated carbocycles. The van der Waals surface area contributed by atoms with Crippen LogP contribution in [-0.2, 0) is 16.0 Å². The predicted octanol–water partition coefficient (Wildman–Crippen LogP) is 3.40. The summed E-state index contributed by atoms with van der Waals surface area (Å²) in [4.78, 5) is 34.3. The minimum absolute atomic E-state index is 0.271. The molecule has 3 rings (SSSR count). The molecule has 0 saturated heterocycles. The first-order valence-corrected chi connectivity index (χ1v) is 11.9. The molecule has 2 aromatic rings. The molecule has 1 aromatic heterocycles. The first-order chi connectivity index (χ1) is 15.5. The minimum Gasteiger partial charge on any atom is -0.493 e. The van der Waals surface area contributed by atoms with Gasteiger partial charge in [-0.1, -0.05) is 24.4 Å². The van der Waals surface area contributed by atoms with Gasteiger partial charge in [-0.25, -0.2) is 4.98 Å². The van der Waals surface area contributed by atoms with Gasteiger partial charge in [0.25, 0.3) is 5.91 Å². The highest BCUT2D eigenvalue weighted by Gasteiger charge is 2.28. The summed E-state index contributed by atoms with van der Waals surface area (Å²) < 4.78 is 16.5. The van der Waals surface area contributed by atoms with Gasteiger partial charge in [-0.2, -0.15) is 0 Å². The molecule has 0 aliphatic carbocycles. The number of amides is 1. The molecule has 2 heterocycles. The molecule has 1 N–H and O–H groups in total. The Morgan fingerprint density at radius 1 is 1.28 bits per heavy atom. The third-order valence-electron chi connectivity index (χ3n) is 4.38. The SMILES string of the molecule is C=CCOc1cc(OCCc2scnc2C)cc(C(=O)NC2=NCC(C(=O)OCC)S2)c1. The number of aliphatic imine (C=N–C) groups is 1. The van der Waals surface area contributed by atoms with Gasteiger partial charge >= 0.3 is 5.97 Å². The molecule has 0 fully saturated rings. The number of nitrogens with one attached hydrogen (secondary N) is 1. The van der Waals surface area contributed by atoms with E-state index in [-0.39, 0.29) is 18.4 Å². The number of benzene rings is 1. The van der Waals surface area contributed by atoms with Crippen LogP contribution in [0.15, 0.2) is 41.4 Å². The number of ether oxygens (including phenoxy) is 3. The van der Waals surface area contributed by atoms with Gasteiger partial charge in [-0.3, -0.25) is 14.6 Å². The maximum Gasteiger partial charge on any atom is 0.321 e. The number of amidine groups is 1. The Labute approximate surface area is 195 Å². The van der Waals surface area contributed by atoms with Crippen molar-refractivity contribution in [1.29, 1.82) is 0 Å². The monoisotopic (exact) mass is 475 g/mol. The fourth-order valence-electron chi connectivity index (χ4n) is 2.82. The van der Waals surface area contributed by atoms with Crippen LogP contribution in [0.4, 0.5) is 0 Å². The molecule has 32 heavy (non-hydrogen) atoms. The minimum atomic E-state index is -0.443. The summed E-state index contributed by atoms with van der Waals surface area (Å²) in [7, 11) is 0. The Bertz CT molecular complexity index is 1010. The predicted molar refractivity (Wildman–Crippen MR) is 126 cm³/mol. The standard InChI is InChI=1S/C22H25N3O5S2/c1-4-7-29-16-9-15(10-17(11-16)30-8-6-18-14(3)24-13-31-18)20(26)25-22-23-12-19(32-22)21(27)28-5-2/h4,9-11,13,19H,1,5-8,12H2,2-3H3,(H,23,25,26). The Kier molecular flexibility index (Phi) is 8.69. The van der Waals surface area contributed by atoms with Crippen LogP contribution in [-0.4, -0.2) is 53.6 Å². The van der Waals surface area contributed by atoms with Gasteiger partial charge in [0.15, 0.2) is 5.17 Å². The normalized spacial score (nSPS) is 15.1. The summed E-state index contributed by atoms with van der Waals surface area (Å²) in [6.45, 7) is 8.69. The van der Waals surface area contributed by atoms with Crippen LogP contribution in [0.5, 0.6) is 11.5 Å². The molecule has 0 radical (unpaired) electrons. The van der Waals surface area contributed by atoms with E-state index in [2.05, 4.69) is 21.9 Å². The highest BCUT2D eigenvalue weighted by Crippen LogP contribution is 2.25. The number of aryl methyl sites for hydroxylation is 1. The maximum atomic E-state index is 12.8. The van der Waals surface area contributed by atoms with E-state index in [4.69, 9.17) is 14.2 Å². The lowest BCUT2D eigenvalue weighted by Crippen LogP contribution is -2.28. The lowest BCUT2D eigenvalue weighted by molar-refractivity contribution is -0.142. The van der Waals surface area contributed by atoms with Crippen molar-refractivity contribution in [1.82, 2.24) is 10.3 Å². The number of hydrogen-bond acceptors (Lipinski definition) is 9. The van der Waals surface area contributed by atoms with Crippen LogP contribution in [0.3, 0.4) is 0 Å². The zero-order chi connectivity index (χ0) is 22.9. The molecular formula is C22H25N3O5S2. The molecule has 1 unspecified atom stereocenters. The van der Waals surface area contributed by atoms with E-state index in [0.717, 1.165) is 17.0 Å². The number of thioether (sulfide) groups is 1. The van der Waals surface area contributed by atoms with Crippen molar-refractivity contribution in [2.24, 2.45) is 4.99 Å². The highest BCUT2D eigenvalue weighted by molar-refractivity contribution is 8.15. The van der Waals surface area contributed by atoms with Gasteiger partial charge in [0.2, 0.25) is 0 Å². The average Bonchev–Trinajstić information content (AvgIpc) is 3.41. The van der Waals surface area contributed by atoms with E-state index in [1.165, 1.54) is 11.8 Å². The molecule has 0 bridgehead atoms. The van der Waals surface area contributed by atoms with Gasteiger partial charge in [0.05, 0.1) is 31.0 Å². The van der Waals surface area contributed by atoms with Crippen LogP contribution in [0, 0.1) is 6.92 Å². The van der Waals surface area contributed by atoms with E-state index >= 15 is 0 Å². The van der Waals surface area contributed by atoms with Crippen molar-refractivity contribution in [3.05, 3.63) is 52.5 Å². The quantitative estimate of drug-likeness (QED) is 0.415. The number of thiazole rings is 1. The van der Waals surface area contributed by atoms with Gasteiger partial charge in [-0.15, -0.1) is 11.3 Å². The number of hydrogen-bond donors (Lipinski definition) is 1. The molecule has 1 aromatic carbocycles. The van der Waals surface area contributed by atoms with Gasteiger partial charge in [-0.05, 0) is 26.0 Å². The van der Waals surface area contributed by atoms with E-state index in [9.17, 15) is 9.59 Å². The topological polar surface area (TPSA) is 99.1 Å². The molecular weight excluding hydrogens is 450 g/mol. The van der Waals surface area contributed by atoms with Gasteiger partial charge in [0, 0.05) is 22.9 Å². The number of nitrogens with zero attached hydrogens (tertiary/aromatic N) is 2. The third kappa shape index (κ3) is 6.57. The summed E-state index contributed by atoms with van der Waals surface area (Å²) in [5.74, 6) is 0.307. The Morgan fingerprint density at radius 3 is 2.75 bits per heavy atom. The smallest absolute Gasteiger partial charge is 0.321 e. The van der Waals surface area contributed by atoms with Crippen LogP contribution in [0.1, 0.15) is 27.9 Å². The molecule has 170 valence electrons. The summed E-state index contributed by atoms with van der Waals surface area (Å²) in [6, 6.07) is 5.01. The molecule has 8 nitrogen and oxygen atoms in total. The number of esters is 1. The summed E-state index contributed by atoms with van der Waals surface area (Å²) >= 11 is 2.77. The summed E-state index contributed by atoms with van der Waals surface area (Å²) in [6.07, 6.45) is 2.34. The average molecular weight is 476 g/mol. The lowest BCUT2D eigenvalue weighted by Gasteiger charge is -2.12. The van der Waals surface area contributed by atoms with Crippen molar-refractivity contribution in [2.45, 2.75) is 25.5 Å². The zero-order valence-corrected chi connectivity index (χ0v) is 19.6. The van der Waals surface area contributed by atoms with Crippen molar-refractivity contribution in [2.75, 3.05) is 26.4 Å². The van der Waals surface area contributed by atoms with Crippen LogP contribution in [0.2, 0.25) is 0 Å². The lowest BCUT2D eigenvalue weighted by atomic mass is 10.2. The van der Waals surface area contributed by atoms with Crippen molar-refractivity contribution in [3.63, 3.8) is 0 Å². The van der Waals surface area contributed by atoms with Crippen LogP contribution < -0.4 is 14.8 Å². The fourth-order valence-corrected chi connectivity index (χ4v) is 4.47. The second kappa shape index (κ2) is 11.7. The Morgan fingerprint density at radius 2 is 2.06 bits per heavy atom. The maximum absolute atomic E-state index is 12.8. The van der Waals surface area contributed by atoms with E-state index < -0.39 is 5.25 Å². The van der Waals surface area contributed by atoms with Crippen LogP contribution >= 0.6 is 23.1 Å². The first-order valence-electron chi connectivity index (χ1n) is 10.1. The second-order valence-electron chi connectivity index (χ2n) is 6.71. The van der Waals surface area contributed by atoms with Crippen molar-refractivity contribution >= 4 is 40.1 Å². The molecule has 1 atom stereocenters. The number of carbonyl (C=O) groups excluding carboxylic acids is 2. The molecule has 1 aliphatic rings. The van der Waals surface area contributed by atoms with E-state index in [1.54, 1.807) is 42.5 Å². The largest absolute Gasteiger partial charge is 0.493 e. The first kappa shape index (κ1) is 23.8. The van der Waals surface area contributed by atoms with E-state index in [1.807, 2.05) is 12.4 Å². The van der Waals surface area contributed by atoms with Crippen LogP contribution in [0.25, 0.3) is 0 Å². The summed E-state index contributed by atoms with van der Waals surface area (Å²) in [5.41, 5.74) is 3.17. The Hall–Kier alpha value is -2.85. The molecule has 10 heteroatoms. The number of carbonyl (C=O) groups is 2. The number of aromatic nitrogens is 1. The fraction of sp³-hybridized carbons (Fsp3) is 0.364. The van der Waals surface area contributed by atoms with Gasteiger partial charge < -0.3 is 19.5 Å². The highest BCUT2D eigenvalue weighted by atomic mass is 32.2. The zero-order valence-electron chi connectivity index (χ0n) is 18.0. The Balaban J connectivity index is 1.65. The van der Waals surface area contributed by atoms with Crippen molar-refractivity contribution in [3.8, 4) is 11.5 Å².